The van der Waals surface area contributed by atoms with Crippen molar-refractivity contribution in [1.29, 1.82) is 0 Å². The van der Waals surface area contributed by atoms with E-state index in [-0.39, 0.29) is 6.10 Å². The molecule has 1 unspecified atom stereocenters. The van der Waals surface area contributed by atoms with Crippen LogP contribution >= 0.6 is 11.6 Å². The lowest BCUT2D eigenvalue weighted by atomic mass is 10.3. The van der Waals surface area contributed by atoms with Gasteiger partial charge in [-0.15, -0.1) is 0 Å². The largest absolute Gasteiger partial charge is 0.488 e. The quantitative estimate of drug-likeness (QED) is 0.727. The molecule has 0 fully saturated rings. The zero-order valence-corrected chi connectivity index (χ0v) is 11.2. The van der Waals surface area contributed by atoms with Crippen LogP contribution in [0.15, 0.2) is 24.3 Å². The van der Waals surface area contributed by atoms with Crippen molar-refractivity contribution in [3.8, 4) is 5.75 Å². The fourth-order valence-corrected chi connectivity index (χ4v) is 1.63. The van der Waals surface area contributed by atoms with Gasteiger partial charge in [-0.25, -0.2) is 0 Å². The molecule has 0 bridgehead atoms. The van der Waals surface area contributed by atoms with Crippen molar-refractivity contribution in [3.63, 3.8) is 0 Å². The Bertz CT molecular complexity index is 320. The number of rotatable bonds is 8. The second-order valence-electron chi connectivity index (χ2n) is 3.91. The molecule has 0 aliphatic rings. The number of ether oxygens (including phenoxy) is 2. The molecule has 1 N–H and O–H groups in total. The van der Waals surface area contributed by atoms with Crippen LogP contribution < -0.4 is 10.1 Å². The lowest BCUT2D eigenvalue weighted by molar-refractivity contribution is 0.188. The first-order valence-electron chi connectivity index (χ1n) is 5.85. The SMILES string of the molecule is COCCCNCC(C)Oc1ccccc1Cl. The third kappa shape index (κ3) is 5.91. The highest BCUT2D eigenvalue weighted by Gasteiger charge is 2.05. The van der Waals surface area contributed by atoms with Gasteiger partial charge in [0, 0.05) is 20.3 Å². The van der Waals surface area contributed by atoms with Crippen LogP contribution in [0, 0.1) is 0 Å². The molecule has 0 amide bonds. The van der Waals surface area contributed by atoms with Crippen molar-refractivity contribution in [2.75, 3.05) is 26.8 Å². The summed E-state index contributed by atoms with van der Waals surface area (Å²) in [5, 5.41) is 3.96. The van der Waals surface area contributed by atoms with Gasteiger partial charge in [0.2, 0.25) is 0 Å². The van der Waals surface area contributed by atoms with Gasteiger partial charge in [0.05, 0.1) is 5.02 Å². The smallest absolute Gasteiger partial charge is 0.138 e. The molecule has 4 heteroatoms. The summed E-state index contributed by atoms with van der Waals surface area (Å²) in [7, 11) is 1.71. The Kier molecular flexibility index (Phi) is 7.01. The molecule has 0 aliphatic heterocycles. The lowest BCUT2D eigenvalue weighted by Crippen LogP contribution is -2.30. The second kappa shape index (κ2) is 8.34. The maximum Gasteiger partial charge on any atom is 0.138 e. The van der Waals surface area contributed by atoms with Gasteiger partial charge >= 0.3 is 0 Å². The Morgan fingerprint density at radius 2 is 2.12 bits per heavy atom. The minimum absolute atomic E-state index is 0.0949. The van der Waals surface area contributed by atoms with E-state index in [2.05, 4.69) is 5.32 Å². The zero-order chi connectivity index (χ0) is 12.5. The van der Waals surface area contributed by atoms with E-state index in [9.17, 15) is 0 Å². The molecule has 1 atom stereocenters. The summed E-state index contributed by atoms with van der Waals surface area (Å²) >= 11 is 6.01. The minimum Gasteiger partial charge on any atom is -0.488 e. The molecular formula is C13H20ClNO2. The molecule has 0 radical (unpaired) electrons. The number of nitrogens with one attached hydrogen (secondary N) is 1. The summed E-state index contributed by atoms with van der Waals surface area (Å²) in [5.41, 5.74) is 0. The van der Waals surface area contributed by atoms with E-state index < -0.39 is 0 Å². The molecule has 17 heavy (non-hydrogen) atoms. The van der Waals surface area contributed by atoms with E-state index in [1.54, 1.807) is 7.11 Å². The van der Waals surface area contributed by atoms with E-state index in [0.29, 0.717) is 5.02 Å². The van der Waals surface area contributed by atoms with Crippen LogP contribution in [0.25, 0.3) is 0 Å². The average Bonchev–Trinajstić information content (AvgIpc) is 2.32. The number of hydrogen-bond donors (Lipinski definition) is 1. The van der Waals surface area contributed by atoms with Gasteiger partial charge in [-0.1, -0.05) is 23.7 Å². The lowest BCUT2D eigenvalue weighted by Gasteiger charge is -2.16. The summed E-state index contributed by atoms with van der Waals surface area (Å²) < 4.78 is 10.7. The molecule has 0 saturated heterocycles. The fraction of sp³-hybridized carbons (Fsp3) is 0.538. The zero-order valence-electron chi connectivity index (χ0n) is 10.4. The Hall–Kier alpha value is -0.770. The van der Waals surface area contributed by atoms with Crippen LogP contribution in [0.3, 0.4) is 0 Å². The van der Waals surface area contributed by atoms with Crippen molar-refractivity contribution in [2.45, 2.75) is 19.4 Å². The van der Waals surface area contributed by atoms with Crippen molar-refractivity contribution < 1.29 is 9.47 Å². The van der Waals surface area contributed by atoms with Crippen molar-refractivity contribution in [2.24, 2.45) is 0 Å². The average molecular weight is 258 g/mol. The minimum atomic E-state index is 0.0949. The summed E-state index contributed by atoms with van der Waals surface area (Å²) in [4.78, 5) is 0. The molecule has 96 valence electrons. The standard InChI is InChI=1S/C13H20ClNO2/c1-11(10-15-8-5-9-16-2)17-13-7-4-3-6-12(13)14/h3-4,6-7,11,15H,5,8-10H2,1-2H3. The topological polar surface area (TPSA) is 30.5 Å². The van der Waals surface area contributed by atoms with E-state index in [0.717, 1.165) is 31.9 Å². The second-order valence-corrected chi connectivity index (χ2v) is 4.32. The monoisotopic (exact) mass is 257 g/mol. The number of halogens is 1. The molecule has 0 heterocycles. The molecule has 3 nitrogen and oxygen atoms in total. The van der Waals surface area contributed by atoms with Crippen molar-refractivity contribution in [1.82, 2.24) is 5.32 Å². The van der Waals surface area contributed by atoms with Gasteiger partial charge in [0.25, 0.3) is 0 Å². The van der Waals surface area contributed by atoms with Gasteiger partial charge in [-0.05, 0) is 32.0 Å². The highest BCUT2D eigenvalue weighted by atomic mass is 35.5. The first-order valence-corrected chi connectivity index (χ1v) is 6.22. The molecule has 1 rings (SSSR count). The normalized spacial score (nSPS) is 12.4. The van der Waals surface area contributed by atoms with Gasteiger partial charge in [0.1, 0.15) is 11.9 Å². The predicted molar refractivity (Wildman–Crippen MR) is 70.9 cm³/mol. The number of hydrogen-bond acceptors (Lipinski definition) is 3. The van der Waals surface area contributed by atoms with Crippen LogP contribution in [0.5, 0.6) is 5.75 Å². The Morgan fingerprint density at radius 3 is 2.82 bits per heavy atom. The van der Waals surface area contributed by atoms with E-state index in [1.165, 1.54) is 0 Å². The Morgan fingerprint density at radius 1 is 1.35 bits per heavy atom. The van der Waals surface area contributed by atoms with Gasteiger partial charge in [0.15, 0.2) is 0 Å². The van der Waals surface area contributed by atoms with Crippen molar-refractivity contribution in [3.05, 3.63) is 29.3 Å². The van der Waals surface area contributed by atoms with E-state index >= 15 is 0 Å². The Balaban J connectivity index is 2.21. The third-order valence-corrected chi connectivity index (χ3v) is 2.61. The molecule has 1 aromatic carbocycles. The van der Waals surface area contributed by atoms with Crippen LogP contribution in [0.4, 0.5) is 0 Å². The van der Waals surface area contributed by atoms with Crippen molar-refractivity contribution >= 4 is 11.6 Å². The highest BCUT2D eigenvalue weighted by Crippen LogP contribution is 2.23. The molecule has 0 spiro atoms. The number of para-hydroxylation sites is 1. The van der Waals surface area contributed by atoms with E-state index in [1.807, 2.05) is 31.2 Å². The van der Waals surface area contributed by atoms with Crippen LogP contribution in [-0.2, 0) is 4.74 Å². The third-order valence-electron chi connectivity index (χ3n) is 2.30. The predicted octanol–water partition coefficient (Wildman–Crippen LogP) is 2.73. The summed E-state index contributed by atoms with van der Waals surface area (Å²) in [6.07, 6.45) is 1.10. The summed E-state index contributed by atoms with van der Waals surface area (Å²) in [5.74, 6) is 0.736. The first kappa shape index (κ1) is 14.3. The molecule has 0 aromatic heterocycles. The van der Waals surface area contributed by atoms with Crippen LogP contribution in [-0.4, -0.2) is 32.9 Å². The summed E-state index contributed by atoms with van der Waals surface area (Å²) in [6.45, 7) is 4.54. The summed E-state index contributed by atoms with van der Waals surface area (Å²) in [6, 6.07) is 7.52. The number of methoxy groups -OCH3 is 1. The van der Waals surface area contributed by atoms with Gasteiger partial charge < -0.3 is 14.8 Å². The van der Waals surface area contributed by atoms with Crippen LogP contribution in [0.1, 0.15) is 13.3 Å². The van der Waals surface area contributed by atoms with Gasteiger partial charge in [-0.3, -0.25) is 0 Å². The Labute approximate surface area is 108 Å². The number of benzene rings is 1. The molecule has 0 aliphatic carbocycles. The molecule has 1 aromatic rings. The van der Waals surface area contributed by atoms with E-state index in [4.69, 9.17) is 21.1 Å². The maximum atomic E-state index is 6.01. The maximum absolute atomic E-state index is 6.01. The van der Waals surface area contributed by atoms with Gasteiger partial charge in [-0.2, -0.15) is 0 Å². The molecular weight excluding hydrogens is 238 g/mol. The first-order chi connectivity index (χ1) is 8.24. The highest BCUT2D eigenvalue weighted by molar-refractivity contribution is 6.32. The molecule has 0 saturated carbocycles. The van der Waals surface area contributed by atoms with Crippen LogP contribution in [0.2, 0.25) is 5.02 Å². The fourth-order valence-electron chi connectivity index (χ4n) is 1.45.